The Morgan fingerprint density at radius 1 is 1.17 bits per heavy atom. The molecule has 0 aliphatic carbocycles. The highest BCUT2D eigenvalue weighted by molar-refractivity contribution is 7.92. The molecule has 1 aliphatic heterocycles. The van der Waals surface area contributed by atoms with Gasteiger partial charge in [0.25, 0.3) is 0 Å². The van der Waals surface area contributed by atoms with E-state index in [1.54, 1.807) is 13.0 Å². The molecule has 1 aromatic heterocycles. The number of anilines is 3. The number of carbonyl (C=O) groups excluding carboxylic acids is 1. The van der Waals surface area contributed by atoms with Crippen LogP contribution in [0.3, 0.4) is 0 Å². The Kier molecular flexibility index (Phi) is 8.09. The van der Waals surface area contributed by atoms with E-state index in [0.717, 1.165) is 43.7 Å². The number of pyridine rings is 1. The van der Waals surface area contributed by atoms with E-state index in [0.29, 0.717) is 17.2 Å². The van der Waals surface area contributed by atoms with Crippen LogP contribution in [0.4, 0.5) is 21.6 Å². The molecule has 0 saturated carbocycles. The Bertz CT molecular complexity index is 1170. The van der Waals surface area contributed by atoms with E-state index < -0.39 is 21.8 Å². The van der Waals surface area contributed by atoms with Gasteiger partial charge >= 0.3 is 0 Å². The number of piperidine rings is 1. The molecule has 2 heterocycles. The zero-order valence-corrected chi connectivity index (χ0v) is 22.3. The van der Waals surface area contributed by atoms with Crippen molar-refractivity contribution < 1.29 is 17.6 Å². The maximum atomic E-state index is 14.5. The van der Waals surface area contributed by atoms with Gasteiger partial charge in [-0.1, -0.05) is 40.2 Å². The summed E-state index contributed by atoms with van der Waals surface area (Å²) in [7, 11) is -3.61. The molecule has 1 saturated heterocycles. The third-order valence-corrected chi connectivity index (χ3v) is 7.17. The van der Waals surface area contributed by atoms with Crippen molar-refractivity contribution in [3.63, 3.8) is 0 Å². The van der Waals surface area contributed by atoms with Crippen LogP contribution in [0.2, 0.25) is 0 Å². The second kappa shape index (κ2) is 10.5. The highest BCUT2D eigenvalue weighted by Gasteiger charge is 2.26. The molecule has 0 radical (unpaired) electrons. The van der Waals surface area contributed by atoms with Crippen LogP contribution in [0.1, 0.15) is 71.1 Å². The predicted molar refractivity (Wildman–Crippen MR) is 140 cm³/mol. The summed E-state index contributed by atoms with van der Waals surface area (Å²) in [5, 5.41) is 3.01. The summed E-state index contributed by atoms with van der Waals surface area (Å²) < 4.78 is 39.4. The summed E-state index contributed by atoms with van der Waals surface area (Å²) >= 11 is 0. The average molecular weight is 505 g/mol. The van der Waals surface area contributed by atoms with Gasteiger partial charge in [0, 0.05) is 24.2 Å². The second-order valence-electron chi connectivity index (χ2n) is 10.5. The lowest BCUT2D eigenvalue weighted by molar-refractivity contribution is -0.117. The molecular formula is C26H37FN4O3S. The quantitative estimate of drug-likeness (QED) is 0.537. The number of hydrogen-bond donors (Lipinski definition) is 2. The van der Waals surface area contributed by atoms with Crippen LogP contribution < -0.4 is 14.9 Å². The van der Waals surface area contributed by atoms with Crippen molar-refractivity contribution >= 4 is 33.1 Å². The SMILES string of the molecule is CCC1CCN(c2nc(C(C)(C)C)ccc2NC(=O)[C@@H](C)c2ccc(NS(C)(=O)=O)c(F)c2)CC1. The number of nitrogens with one attached hydrogen (secondary N) is 2. The number of sulfonamides is 1. The minimum atomic E-state index is -3.61. The van der Waals surface area contributed by atoms with Gasteiger partial charge in [0.05, 0.1) is 23.5 Å². The number of rotatable bonds is 7. The summed E-state index contributed by atoms with van der Waals surface area (Å²) in [6.45, 7) is 12.0. The molecule has 3 rings (SSSR count). The lowest BCUT2D eigenvalue weighted by Crippen LogP contribution is -2.35. The molecule has 35 heavy (non-hydrogen) atoms. The number of carbonyl (C=O) groups is 1. The molecule has 0 spiro atoms. The van der Waals surface area contributed by atoms with Crippen molar-refractivity contribution in [2.45, 2.75) is 65.2 Å². The molecule has 2 N–H and O–H groups in total. The smallest absolute Gasteiger partial charge is 0.231 e. The first-order valence-electron chi connectivity index (χ1n) is 12.1. The van der Waals surface area contributed by atoms with E-state index in [4.69, 9.17) is 4.98 Å². The molecule has 2 aromatic rings. The maximum Gasteiger partial charge on any atom is 0.231 e. The van der Waals surface area contributed by atoms with Crippen LogP contribution >= 0.6 is 0 Å². The molecule has 0 unspecified atom stereocenters. The fraction of sp³-hybridized carbons (Fsp3) is 0.538. The van der Waals surface area contributed by atoms with E-state index in [1.165, 1.54) is 18.6 Å². The number of aromatic nitrogens is 1. The van der Waals surface area contributed by atoms with Crippen molar-refractivity contribution in [3.05, 3.63) is 47.4 Å². The molecule has 7 nitrogen and oxygen atoms in total. The fourth-order valence-electron chi connectivity index (χ4n) is 4.23. The monoisotopic (exact) mass is 504 g/mol. The largest absolute Gasteiger partial charge is 0.355 e. The number of halogens is 1. The number of benzene rings is 1. The second-order valence-corrected chi connectivity index (χ2v) is 12.2. The molecule has 1 aromatic carbocycles. The molecule has 0 bridgehead atoms. The van der Waals surface area contributed by atoms with E-state index >= 15 is 0 Å². The van der Waals surface area contributed by atoms with Crippen molar-refractivity contribution in [1.29, 1.82) is 0 Å². The Balaban J connectivity index is 1.84. The van der Waals surface area contributed by atoms with Gasteiger partial charge in [0.15, 0.2) is 5.82 Å². The van der Waals surface area contributed by atoms with Crippen molar-refractivity contribution in [1.82, 2.24) is 4.98 Å². The third-order valence-electron chi connectivity index (χ3n) is 6.57. The molecule has 9 heteroatoms. The molecule has 1 aliphatic rings. The summed E-state index contributed by atoms with van der Waals surface area (Å²) in [5.74, 6) is -0.194. The van der Waals surface area contributed by atoms with Gasteiger partial charge in [-0.05, 0) is 55.5 Å². The highest BCUT2D eigenvalue weighted by atomic mass is 32.2. The number of hydrogen-bond acceptors (Lipinski definition) is 5. The van der Waals surface area contributed by atoms with Gasteiger partial charge in [-0.15, -0.1) is 0 Å². The standard InChI is InChI=1S/C26H37FN4O3S/c1-7-18-12-14-31(15-13-18)24-22(10-11-23(29-24)26(3,4)5)28-25(32)17(2)19-8-9-21(20(27)16-19)30-35(6,33)34/h8-11,16-18,30H,7,12-15H2,1-6H3,(H,28,32)/t17-/m0/s1. The van der Waals surface area contributed by atoms with Gasteiger partial charge in [0.1, 0.15) is 5.82 Å². The van der Waals surface area contributed by atoms with Crippen molar-refractivity contribution in [3.8, 4) is 0 Å². The van der Waals surface area contributed by atoms with Gasteiger partial charge in [0.2, 0.25) is 15.9 Å². The molecule has 1 amide bonds. The van der Waals surface area contributed by atoms with Crippen LogP contribution in [-0.4, -0.2) is 38.7 Å². The van der Waals surface area contributed by atoms with Gasteiger partial charge in [-0.2, -0.15) is 0 Å². The van der Waals surface area contributed by atoms with Crippen LogP contribution in [-0.2, 0) is 20.2 Å². The van der Waals surface area contributed by atoms with Crippen molar-refractivity contribution in [2.75, 3.05) is 34.3 Å². The van der Waals surface area contributed by atoms with Crippen LogP contribution in [0.15, 0.2) is 30.3 Å². The van der Waals surface area contributed by atoms with E-state index in [9.17, 15) is 17.6 Å². The van der Waals surface area contributed by atoms with Crippen LogP contribution in [0, 0.1) is 11.7 Å². The third kappa shape index (κ3) is 6.93. The van der Waals surface area contributed by atoms with Crippen molar-refractivity contribution in [2.24, 2.45) is 5.92 Å². The first-order valence-corrected chi connectivity index (χ1v) is 14.0. The zero-order chi connectivity index (χ0) is 26.0. The lowest BCUT2D eigenvalue weighted by atomic mass is 9.91. The summed E-state index contributed by atoms with van der Waals surface area (Å²) in [6.07, 6.45) is 4.31. The fourth-order valence-corrected chi connectivity index (χ4v) is 4.80. The highest BCUT2D eigenvalue weighted by Crippen LogP contribution is 2.33. The Hall–Kier alpha value is -2.68. The molecule has 1 fully saturated rings. The summed E-state index contributed by atoms with van der Waals surface area (Å²) in [6, 6.07) is 7.92. The van der Waals surface area contributed by atoms with Gasteiger partial charge in [-0.25, -0.2) is 17.8 Å². The Morgan fingerprint density at radius 2 is 1.80 bits per heavy atom. The summed E-state index contributed by atoms with van der Waals surface area (Å²) in [5.41, 5.74) is 1.76. The predicted octanol–water partition coefficient (Wildman–Crippen LogP) is 5.26. The van der Waals surface area contributed by atoms with Crippen LogP contribution in [0.5, 0.6) is 0 Å². The average Bonchev–Trinajstić information content (AvgIpc) is 2.78. The van der Waals surface area contributed by atoms with E-state index in [2.05, 4.69) is 42.6 Å². The molecule has 1 atom stereocenters. The minimum absolute atomic E-state index is 0.133. The van der Waals surface area contributed by atoms with Gasteiger partial charge in [-0.3, -0.25) is 9.52 Å². The molecular weight excluding hydrogens is 467 g/mol. The number of amides is 1. The first-order chi connectivity index (χ1) is 16.3. The minimum Gasteiger partial charge on any atom is -0.355 e. The first kappa shape index (κ1) is 26.9. The number of nitrogens with zero attached hydrogens (tertiary/aromatic N) is 2. The van der Waals surface area contributed by atoms with E-state index in [1.807, 2.05) is 12.1 Å². The normalized spacial score (nSPS) is 16.1. The Labute approximate surface area is 208 Å². The maximum absolute atomic E-state index is 14.5. The topological polar surface area (TPSA) is 91.4 Å². The van der Waals surface area contributed by atoms with E-state index in [-0.39, 0.29) is 17.0 Å². The lowest BCUT2D eigenvalue weighted by Gasteiger charge is -2.34. The van der Waals surface area contributed by atoms with Gasteiger partial charge < -0.3 is 10.2 Å². The Morgan fingerprint density at radius 3 is 2.34 bits per heavy atom. The summed E-state index contributed by atoms with van der Waals surface area (Å²) in [4.78, 5) is 20.4. The van der Waals surface area contributed by atoms with Crippen LogP contribution in [0.25, 0.3) is 0 Å². The molecule has 192 valence electrons. The zero-order valence-electron chi connectivity index (χ0n) is 21.5.